The third-order valence-electron chi connectivity index (χ3n) is 18.7. The summed E-state index contributed by atoms with van der Waals surface area (Å²) in [6, 6.07) is 29.1. The van der Waals surface area contributed by atoms with Crippen LogP contribution in [0.15, 0.2) is 142 Å². The second-order valence-electron chi connectivity index (χ2n) is 26.3. The Labute approximate surface area is 588 Å². The number of carbonyl (C=O) groups excluding carboxylic acids is 6. The Bertz CT molecular complexity index is 4260. The minimum absolute atomic E-state index is 0.0206. The Balaban J connectivity index is 0.635. The number of aromatic nitrogens is 3. The number of piperazine rings is 2. The number of halogens is 4. The largest absolute Gasteiger partial charge is 0.501 e. The first-order chi connectivity index (χ1) is 47.8. The number of nitrogens with zero attached hydrogens (tertiary/aromatic N) is 8. The van der Waals surface area contributed by atoms with Gasteiger partial charge in [-0.1, -0.05) is 72.6 Å². The average Bonchev–Trinajstić information content (AvgIpc) is 1.52. The Hall–Kier alpha value is -8.19. The predicted octanol–water partition coefficient (Wildman–Crippen LogP) is 9.14. The summed E-state index contributed by atoms with van der Waals surface area (Å²) < 4.78 is 108. The van der Waals surface area contributed by atoms with Gasteiger partial charge in [0.2, 0.25) is 17.7 Å². The fraction of sp³-hybridized carbons (Fsp3) is 0.429. The van der Waals surface area contributed by atoms with Crippen LogP contribution >= 0.6 is 23.4 Å². The van der Waals surface area contributed by atoms with Gasteiger partial charge < -0.3 is 25.2 Å². The summed E-state index contributed by atoms with van der Waals surface area (Å²) in [5, 5.41) is 17.5. The van der Waals surface area contributed by atoms with Gasteiger partial charge in [-0.3, -0.25) is 53.5 Å². The number of imide groups is 2. The van der Waals surface area contributed by atoms with E-state index in [4.69, 9.17) is 16.3 Å². The number of carbonyl (C=O) groups is 6. The summed E-state index contributed by atoms with van der Waals surface area (Å²) in [7, 11) is -11.1. The van der Waals surface area contributed by atoms with E-state index >= 15 is 0 Å². The summed E-state index contributed by atoms with van der Waals surface area (Å²) >= 11 is 7.62. The maximum atomic E-state index is 14.6. The average molecular weight is 1450 g/mol. The van der Waals surface area contributed by atoms with Crippen LogP contribution < -0.4 is 25.6 Å². The highest BCUT2D eigenvalue weighted by Gasteiger charge is 2.49. The van der Waals surface area contributed by atoms with Crippen molar-refractivity contribution in [3.05, 3.63) is 160 Å². The number of ether oxygens (including phenoxy) is 1. The number of sulfone groups is 1. The van der Waals surface area contributed by atoms with Gasteiger partial charge >= 0.3 is 5.51 Å². The van der Waals surface area contributed by atoms with Gasteiger partial charge in [0.25, 0.3) is 37.6 Å². The molecule has 532 valence electrons. The zero-order valence-electron chi connectivity index (χ0n) is 55.5. The number of hydrogen-bond acceptors (Lipinski definition) is 19. The van der Waals surface area contributed by atoms with Crippen molar-refractivity contribution in [3.8, 4) is 0 Å². The van der Waals surface area contributed by atoms with Crippen LogP contribution in [0.25, 0.3) is 5.57 Å². The monoisotopic (exact) mass is 1450 g/mol. The maximum absolute atomic E-state index is 14.6. The van der Waals surface area contributed by atoms with Crippen LogP contribution in [0, 0.1) is 5.41 Å². The van der Waals surface area contributed by atoms with E-state index in [1.165, 1.54) is 46.7 Å². The molecular weight excluding hydrogens is 1370 g/mol. The van der Waals surface area contributed by atoms with E-state index in [0.29, 0.717) is 107 Å². The molecule has 1 aliphatic carbocycles. The third kappa shape index (κ3) is 17.9. The molecule has 5 aromatic carbocycles. The SMILES string of the molecule is CC1(C)CCC(c2ccc(Cl)cc2)=C(CN2CCN(c3ccc(C(=O)NS(=O)(=O)c4ccc(N[C@H](CCN5CCN(C(=O)CCCn6cc(COCCCNc7cccc8c7C(=O)N(C7CCC(=O)NC7=O)C8=O)nn6)CC5)CSc5ccccc5)c(S(=O)(=O)C(F)(F)F)c4)cc3)CC2)C1. The number of rotatable bonds is 28. The number of sulfonamides is 1. The molecule has 23 nitrogen and oxygen atoms in total. The van der Waals surface area contributed by atoms with Crippen molar-refractivity contribution in [1.29, 1.82) is 0 Å². The fourth-order valence-electron chi connectivity index (χ4n) is 13.2. The Morgan fingerprint density at radius 3 is 2.26 bits per heavy atom. The summed E-state index contributed by atoms with van der Waals surface area (Å²) in [5.41, 5.74) is 0.0465. The molecule has 4 aliphatic heterocycles. The van der Waals surface area contributed by atoms with E-state index < -0.39 is 82.5 Å². The lowest BCUT2D eigenvalue weighted by Crippen LogP contribution is -2.54. The molecule has 100 heavy (non-hydrogen) atoms. The topological polar surface area (TPSA) is 275 Å². The lowest BCUT2D eigenvalue weighted by atomic mass is 9.73. The van der Waals surface area contributed by atoms with E-state index in [1.807, 2.05) is 47.2 Å². The van der Waals surface area contributed by atoms with Crippen molar-refractivity contribution >= 4 is 101 Å². The summed E-state index contributed by atoms with van der Waals surface area (Å²) in [4.78, 5) is 85.8. The lowest BCUT2D eigenvalue weighted by molar-refractivity contribution is -0.136. The number of hydrogen-bond donors (Lipinski definition) is 4. The van der Waals surface area contributed by atoms with Crippen molar-refractivity contribution in [3.63, 3.8) is 0 Å². The molecule has 5 aliphatic rings. The van der Waals surface area contributed by atoms with Crippen LogP contribution in [-0.4, -0.2) is 189 Å². The van der Waals surface area contributed by atoms with Crippen LogP contribution in [0.1, 0.15) is 114 Å². The van der Waals surface area contributed by atoms with Crippen molar-refractivity contribution < 1.29 is 63.5 Å². The van der Waals surface area contributed by atoms with Gasteiger partial charge in [0.1, 0.15) is 16.6 Å². The highest BCUT2D eigenvalue weighted by molar-refractivity contribution is 7.99. The van der Waals surface area contributed by atoms with Gasteiger partial charge in [-0.25, -0.2) is 21.6 Å². The molecule has 1 aromatic heterocycles. The second kappa shape index (κ2) is 31.8. The van der Waals surface area contributed by atoms with Crippen molar-refractivity contribution in [2.45, 2.75) is 117 Å². The minimum Gasteiger partial charge on any atom is -0.384 e. The zero-order chi connectivity index (χ0) is 70.9. The first-order valence-electron chi connectivity index (χ1n) is 33.4. The van der Waals surface area contributed by atoms with Gasteiger partial charge in [-0.2, -0.15) is 13.2 Å². The molecule has 11 rings (SSSR count). The van der Waals surface area contributed by atoms with Crippen LogP contribution in [-0.2, 0) is 52.1 Å². The van der Waals surface area contributed by atoms with E-state index in [0.717, 1.165) is 66.5 Å². The van der Waals surface area contributed by atoms with Crippen LogP contribution in [0.5, 0.6) is 0 Å². The Kier molecular flexibility index (Phi) is 23.2. The number of allylic oxidation sites excluding steroid dienone is 1. The molecule has 0 saturated carbocycles. The normalized spacial score (nSPS) is 18.3. The van der Waals surface area contributed by atoms with Crippen molar-refractivity contribution in [1.82, 2.24) is 44.6 Å². The number of amides is 6. The molecule has 6 aromatic rings. The third-order valence-corrected chi connectivity index (χ3v) is 22.9. The fourth-order valence-corrected chi connectivity index (χ4v) is 16.3. The number of fused-ring (bicyclic) bond motifs is 1. The maximum Gasteiger partial charge on any atom is 0.501 e. The van der Waals surface area contributed by atoms with Gasteiger partial charge in [-0.15, -0.1) is 16.9 Å². The first kappa shape index (κ1) is 73.0. The van der Waals surface area contributed by atoms with Gasteiger partial charge in [0.05, 0.1) is 34.5 Å². The van der Waals surface area contributed by atoms with E-state index in [2.05, 4.69) is 66.9 Å². The predicted molar refractivity (Wildman–Crippen MR) is 373 cm³/mol. The van der Waals surface area contributed by atoms with Crippen LogP contribution in [0.4, 0.5) is 30.2 Å². The van der Waals surface area contributed by atoms with Gasteiger partial charge in [0.15, 0.2) is 0 Å². The minimum atomic E-state index is -6.17. The number of alkyl halides is 3. The molecule has 6 amide bonds. The number of thioether (sulfide) groups is 1. The molecule has 1 unspecified atom stereocenters. The van der Waals surface area contributed by atoms with Crippen LogP contribution in [0.2, 0.25) is 5.02 Å². The van der Waals surface area contributed by atoms with Crippen LogP contribution in [0.3, 0.4) is 0 Å². The zero-order valence-corrected chi connectivity index (χ0v) is 58.7. The number of nitrogens with one attached hydrogen (secondary N) is 4. The van der Waals surface area contributed by atoms with E-state index in [9.17, 15) is 58.8 Å². The molecule has 3 fully saturated rings. The highest BCUT2D eigenvalue weighted by atomic mass is 35.5. The standard InChI is InChI=1S/C70H80ClF3N12O11S3/c1-69(2)28-26-56(47-14-18-50(71)19-15-47)49(42-69)43-82-34-36-83(37-35-82)53-20-16-48(17-21-53)65(89)79-100(95,96)55-22-23-58(61(41-55)99(93,94)70(72,73)74)76-51(46-98-54-9-4-3-5-10-54)27-31-81-32-38-84(39-33-81)63(88)13-7-30-85-44-52(78-80-85)45-97-40-8-29-75-59-12-6-11-57-64(59)68(92)86(67(57)91)60-24-25-62(87)77-66(60)90/h3-6,9-12,14-23,41,44,51,60,75-76H,7-8,13,24-40,42-43,45-46H2,1-2H3,(H,79,89)(H,77,87,90)/t51-,60?/m1/s1. The summed E-state index contributed by atoms with van der Waals surface area (Å²) in [6.07, 6.45) is 6.48. The molecular formula is C70H80ClF3N12O11S3. The highest BCUT2D eigenvalue weighted by Crippen LogP contribution is 2.43. The lowest BCUT2D eigenvalue weighted by Gasteiger charge is -2.39. The molecule has 0 radical (unpaired) electrons. The Morgan fingerprint density at radius 1 is 0.810 bits per heavy atom. The van der Waals surface area contributed by atoms with Crippen molar-refractivity contribution in [2.24, 2.45) is 5.41 Å². The number of aryl methyl sites for hydroxylation is 1. The molecule has 0 spiro atoms. The van der Waals surface area contributed by atoms with Gasteiger partial charge in [0, 0.05) is 137 Å². The van der Waals surface area contributed by atoms with Crippen molar-refractivity contribution in [2.75, 3.05) is 99.9 Å². The second-order valence-corrected chi connectivity index (χ2v) is 31.5. The molecule has 30 heteroatoms. The number of anilines is 3. The van der Waals surface area contributed by atoms with E-state index in [-0.39, 0.29) is 59.6 Å². The molecule has 0 bridgehead atoms. The van der Waals surface area contributed by atoms with E-state index in [1.54, 1.807) is 40.0 Å². The number of benzene rings is 5. The smallest absolute Gasteiger partial charge is 0.384 e. The molecule has 3 saturated heterocycles. The Morgan fingerprint density at radius 2 is 1.54 bits per heavy atom. The molecule has 2 atom stereocenters. The summed E-state index contributed by atoms with van der Waals surface area (Å²) in [5.74, 6) is -3.17. The molecule has 5 heterocycles. The number of piperidine rings is 1. The molecule has 4 N–H and O–H groups in total. The summed E-state index contributed by atoms with van der Waals surface area (Å²) in [6.45, 7) is 12.0. The van der Waals surface area contributed by atoms with Gasteiger partial charge in [-0.05, 0) is 140 Å². The quantitative estimate of drug-likeness (QED) is 0.0202. The first-order valence-corrected chi connectivity index (χ1v) is 37.7.